The Labute approximate surface area is 157 Å². The molecule has 0 fully saturated rings. The number of carboxylic acid groups (broad SMARTS) is 1. The minimum Gasteiger partial charge on any atom is -0.481 e. The fourth-order valence-electron chi connectivity index (χ4n) is 1.59. The molecule has 7 nitrogen and oxygen atoms in total. The largest absolute Gasteiger partial charge is 0.481 e. The molecule has 9 heteroatoms. The summed E-state index contributed by atoms with van der Waals surface area (Å²) in [5, 5.41) is 14.2. The van der Waals surface area contributed by atoms with E-state index in [0.29, 0.717) is 32.7 Å². The van der Waals surface area contributed by atoms with Crippen LogP contribution >= 0.6 is 21.6 Å². The van der Waals surface area contributed by atoms with E-state index in [9.17, 15) is 14.4 Å². The fraction of sp³-hybridized carbons (Fsp3) is 0.812. The second-order valence-electron chi connectivity index (χ2n) is 5.85. The number of ether oxygens (including phenoxy) is 1. The maximum atomic E-state index is 11.8. The zero-order chi connectivity index (χ0) is 19.1. The molecule has 1 unspecified atom stereocenters. The number of rotatable bonds is 15. The third kappa shape index (κ3) is 15.1. The predicted octanol–water partition coefficient (Wildman–Crippen LogP) is 1.77. The van der Waals surface area contributed by atoms with Gasteiger partial charge in [0.25, 0.3) is 0 Å². The van der Waals surface area contributed by atoms with Crippen LogP contribution in [0.5, 0.6) is 0 Å². The van der Waals surface area contributed by atoms with Crippen molar-refractivity contribution < 1.29 is 24.2 Å². The van der Waals surface area contributed by atoms with Gasteiger partial charge in [0.05, 0.1) is 12.5 Å². The molecule has 25 heavy (non-hydrogen) atoms. The molecule has 0 aromatic carbocycles. The van der Waals surface area contributed by atoms with E-state index in [-0.39, 0.29) is 30.1 Å². The molecule has 0 saturated heterocycles. The Morgan fingerprint density at radius 1 is 1.00 bits per heavy atom. The van der Waals surface area contributed by atoms with Crippen molar-refractivity contribution >= 4 is 39.4 Å². The highest BCUT2D eigenvalue weighted by Gasteiger charge is 2.12. The maximum Gasteiger partial charge on any atom is 0.303 e. The third-order valence-electron chi connectivity index (χ3n) is 3.07. The molecule has 0 saturated carbocycles. The molecule has 146 valence electrons. The van der Waals surface area contributed by atoms with Gasteiger partial charge < -0.3 is 20.5 Å². The van der Waals surface area contributed by atoms with E-state index < -0.39 is 5.97 Å². The molecular formula is C16H30N2O5S2. The quantitative estimate of drug-likeness (QED) is 0.287. The van der Waals surface area contributed by atoms with Gasteiger partial charge in [0, 0.05) is 43.5 Å². The van der Waals surface area contributed by atoms with Crippen LogP contribution in [0.2, 0.25) is 0 Å². The average Bonchev–Trinajstić information content (AvgIpc) is 2.55. The lowest BCUT2D eigenvalue weighted by atomic mass is 10.2. The van der Waals surface area contributed by atoms with Gasteiger partial charge in [-0.2, -0.15) is 0 Å². The molecule has 2 amide bonds. The number of carboxylic acids is 1. The minimum absolute atomic E-state index is 0.0102. The highest BCUT2D eigenvalue weighted by Crippen LogP contribution is 2.19. The first-order valence-corrected chi connectivity index (χ1v) is 10.9. The summed E-state index contributed by atoms with van der Waals surface area (Å²) in [7, 11) is 3.32. The van der Waals surface area contributed by atoms with Crippen molar-refractivity contribution in [3.05, 3.63) is 0 Å². The monoisotopic (exact) mass is 394 g/mol. The van der Waals surface area contributed by atoms with Gasteiger partial charge in [0.2, 0.25) is 11.8 Å². The molecule has 0 aliphatic heterocycles. The Hall–Kier alpha value is -0.930. The zero-order valence-corrected chi connectivity index (χ0v) is 16.8. The van der Waals surface area contributed by atoms with Crippen molar-refractivity contribution in [1.29, 1.82) is 0 Å². The zero-order valence-electron chi connectivity index (χ0n) is 15.2. The SMILES string of the molecule is CC(C)C(=O)NCCSSCCNC(=O)C(C)COCCCC(=O)O. The first kappa shape index (κ1) is 24.1. The Bertz CT molecular complexity index is 408. The topological polar surface area (TPSA) is 105 Å². The first-order chi connectivity index (χ1) is 11.8. The normalized spacial score (nSPS) is 12.0. The highest BCUT2D eigenvalue weighted by atomic mass is 33.1. The molecule has 0 rings (SSSR count). The second kappa shape index (κ2) is 15.3. The molecule has 0 spiro atoms. The van der Waals surface area contributed by atoms with Gasteiger partial charge in [-0.3, -0.25) is 14.4 Å². The van der Waals surface area contributed by atoms with Crippen LogP contribution in [0, 0.1) is 11.8 Å². The van der Waals surface area contributed by atoms with E-state index in [1.165, 1.54) is 0 Å². The number of carbonyl (C=O) groups excluding carboxylic acids is 2. The molecule has 0 bridgehead atoms. The van der Waals surface area contributed by atoms with Crippen LogP contribution < -0.4 is 10.6 Å². The Morgan fingerprint density at radius 3 is 2.08 bits per heavy atom. The predicted molar refractivity (Wildman–Crippen MR) is 103 cm³/mol. The van der Waals surface area contributed by atoms with Crippen LogP contribution in [-0.4, -0.2) is 60.7 Å². The summed E-state index contributed by atoms with van der Waals surface area (Å²) in [6.45, 7) is 7.39. The van der Waals surface area contributed by atoms with Gasteiger partial charge in [-0.15, -0.1) is 0 Å². The minimum atomic E-state index is -0.841. The van der Waals surface area contributed by atoms with Crippen LogP contribution in [0.1, 0.15) is 33.6 Å². The van der Waals surface area contributed by atoms with Crippen molar-refractivity contribution in [2.75, 3.05) is 37.8 Å². The molecule has 0 aromatic rings. The van der Waals surface area contributed by atoms with Gasteiger partial charge >= 0.3 is 5.97 Å². The standard InChI is InChI=1S/C16H30N2O5S2/c1-12(2)15(21)17-6-9-24-25-10-7-18-16(22)13(3)11-23-8-4-5-14(19)20/h12-13H,4-11H2,1-3H3,(H,17,21)(H,18,22)(H,19,20). The number of carbonyl (C=O) groups is 3. The smallest absolute Gasteiger partial charge is 0.303 e. The molecule has 0 aliphatic rings. The molecule has 0 heterocycles. The highest BCUT2D eigenvalue weighted by molar-refractivity contribution is 8.76. The lowest BCUT2D eigenvalue weighted by Crippen LogP contribution is -2.33. The number of nitrogens with one attached hydrogen (secondary N) is 2. The van der Waals surface area contributed by atoms with Crippen molar-refractivity contribution in [1.82, 2.24) is 10.6 Å². The third-order valence-corrected chi connectivity index (χ3v) is 5.48. The first-order valence-electron chi connectivity index (χ1n) is 8.44. The summed E-state index contributed by atoms with van der Waals surface area (Å²) in [6.07, 6.45) is 0.534. The summed E-state index contributed by atoms with van der Waals surface area (Å²) in [5.74, 6) is 0.542. The van der Waals surface area contributed by atoms with E-state index in [1.807, 2.05) is 13.8 Å². The molecule has 0 aliphatic carbocycles. The van der Waals surface area contributed by atoms with Crippen molar-refractivity contribution in [3.8, 4) is 0 Å². The van der Waals surface area contributed by atoms with Crippen molar-refractivity contribution in [2.24, 2.45) is 11.8 Å². The van der Waals surface area contributed by atoms with Crippen molar-refractivity contribution in [3.63, 3.8) is 0 Å². The van der Waals surface area contributed by atoms with Crippen LogP contribution in [0.25, 0.3) is 0 Å². The second-order valence-corrected chi connectivity index (χ2v) is 8.56. The summed E-state index contributed by atoms with van der Waals surface area (Å²) < 4.78 is 5.31. The van der Waals surface area contributed by atoms with E-state index in [2.05, 4.69) is 10.6 Å². The number of hydrogen-bond acceptors (Lipinski definition) is 6. The lowest BCUT2D eigenvalue weighted by molar-refractivity contribution is -0.137. The number of hydrogen-bond donors (Lipinski definition) is 3. The molecule has 3 N–H and O–H groups in total. The van der Waals surface area contributed by atoms with Gasteiger partial charge in [0.1, 0.15) is 0 Å². The van der Waals surface area contributed by atoms with E-state index in [0.717, 1.165) is 11.5 Å². The molecular weight excluding hydrogens is 364 g/mol. The number of aliphatic carboxylic acids is 1. The molecule has 0 radical (unpaired) electrons. The fourth-order valence-corrected chi connectivity index (χ4v) is 3.40. The van der Waals surface area contributed by atoms with Crippen LogP contribution in [0.4, 0.5) is 0 Å². The van der Waals surface area contributed by atoms with E-state index >= 15 is 0 Å². The average molecular weight is 395 g/mol. The van der Waals surface area contributed by atoms with E-state index in [1.54, 1.807) is 28.5 Å². The lowest BCUT2D eigenvalue weighted by Gasteiger charge is -2.12. The maximum absolute atomic E-state index is 11.8. The Morgan fingerprint density at radius 2 is 1.56 bits per heavy atom. The van der Waals surface area contributed by atoms with Gasteiger partial charge in [-0.1, -0.05) is 42.4 Å². The Balaban J connectivity index is 3.47. The molecule has 1 atom stereocenters. The van der Waals surface area contributed by atoms with Crippen LogP contribution in [-0.2, 0) is 19.1 Å². The van der Waals surface area contributed by atoms with Crippen molar-refractivity contribution in [2.45, 2.75) is 33.6 Å². The summed E-state index contributed by atoms with van der Waals surface area (Å²) >= 11 is 0. The summed E-state index contributed by atoms with van der Waals surface area (Å²) in [5.41, 5.74) is 0. The Kier molecular flexibility index (Phi) is 14.8. The summed E-state index contributed by atoms with van der Waals surface area (Å²) in [4.78, 5) is 33.5. The van der Waals surface area contributed by atoms with Gasteiger partial charge in [-0.05, 0) is 6.42 Å². The summed E-state index contributed by atoms with van der Waals surface area (Å²) in [6, 6.07) is 0. The van der Waals surface area contributed by atoms with Gasteiger partial charge in [-0.25, -0.2) is 0 Å². The van der Waals surface area contributed by atoms with E-state index in [4.69, 9.17) is 9.84 Å². The number of amides is 2. The van der Waals surface area contributed by atoms with Gasteiger partial charge in [0.15, 0.2) is 0 Å². The molecule has 0 aromatic heterocycles. The van der Waals surface area contributed by atoms with Crippen LogP contribution in [0.3, 0.4) is 0 Å². The van der Waals surface area contributed by atoms with Crippen LogP contribution in [0.15, 0.2) is 0 Å².